The molecule has 0 fully saturated rings. The van der Waals surface area contributed by atoms with E-state index in [0.29, 0.717) is 17.3 Å². The fourth-order valence-electron chi connectivity index (χ4n) is 2.20. The molecule has 21 heavy (non-hydrogen) atoms. The number of benzene rings is 1. The van der Waals surface area contributed by atoms with Gasteiger partial charge in [0.05, 0.1) is 11.0 Å². The van der Waals surface area contributed by atoms with Crippen LogP contribution in [0.1, 0.15) is 26.6 Å². The number of alkyl halides is 1. The number of aryl methyl sites for hydroxylation is 1. The maximum absolute atomic E-state index is 12.2. The smallest absolute Gasteiger partial charge is 0.240 e. The van der Waals surface area contributed by atoms with Crippen molar-refractivity contribution in [3.05, 3.63) is 29.0 Å². The average Bonchev–Trinajstić information content (AvgIpc) is 2.66. The molecule has 0 spiro atoms. The zero-order valence-electron chi connectivity index (χ0n) is 12.4. The molecule has 0 aliphatic carbocycles. The first kappa shape index (κ1) is 16.1. The molecule has 2 rings (SSSR count). The Bertz CT molecular complexity index is 659. The molecule has 0 atom stereocenters. The molecule has 1 aromatic heterocycles. The van der Waals surface area contributed by atoms with Gasteiger partial charge < -0.3 is 9.88 Å². The number of fused-ring (bicyclic) bond motifs is 1. The van der Waals surface area contributed by atoms with E-state index in [1.165, 1.54) is 0 Å². The van der Waals surface area contributed by atoms with Gasteiger partial charge in [-0.1, -0.05) is 11.6 Å². The van der Waals surface area contributed by atoms with Crippen LogP contribution in [0.15, 0.2) is 18.2 Å². The number of halogens is 2. The Labute approximate surface area is 134 Å². The Morgan fingerprint density at radius 3 is 2.71 bits per heavy atom. The molecule has 0 radical (unpaired) electrons. The predicted octanol–water partition coefficient (Wildman–Crippen LogP) is 3.39. The number of hydrogen-bond acceptors (Lipinski definition) is 2. The molecule has 0 saturated carbocycles. The van der Waals surface area contributed by atoms with E-state index < -0.39 is 0 Å². The summed E-state index contributed by atoms with van der Waals surface area (Å²) in [4.78, 5) is 16.7. The third kappa shape index (κ3) is 4.11. The van der Waals surface area contributed by atoms with Crippen LogP contribution in [0.25, 0.3) is 11.0 Å². The molecule has 0 aliphatic rings. The number of hydrogen-bond donors (Lipinski definition) is 1. The van der Waals surface area contributed by atoms with E-state index in [-0.39, 0.29) is 18.0 Å². The maximum atomic E-state index is 12.2. The van der Waals surface area contributed by atoms with Gasteiger partial charge in [0.1, 0.15) is 12.4 Å². The summed E-state index contributed by atoms with van der Waals surface area (Å²) in [6.07, 6.45) is 0.608. The van der Waals surface area contributed by atoms with Crippen molar-refractivity contribution in [3.63, 3.8) is 0 Å². The SMILES string of the molecule is CC(C)(C)NC(=O)Cn1c(CCCl)nc2ccc(Cl)cc21. The van der Waals surface area contributed by atoms with Crippen LogP contribution in [0.3, 0.4) is 0 Å². The Morgan fingerprint density at radius 1 is 1.38 bits per heavy atom. The standard InChI is InChI=1S/C15H19Cl2N3O/c1-15(2,3)19-14(21)9-20-12-8-10(17)4-5-11(12)18-13(20)6-7-16/h4-5,8H,6-7,9H2,1-3H3,(H,19,21). The van der Waals surface area contributed by atoms with E-state index in [4.69, 9.17) is 23.2 Å². The van der Waals surface area contributed by atoms with Crippen LogP contribution >= 0.6 is 23.2 Å². The van der Waals surface area contributed by atoms with E-state index >= 15 is 0 Å². The van der Waals surface area contributed by atoms with Gasteiger partial charge in [0.25, 0.3) is 0 Å². The minimum Gasteiger partial charge on any atom is -0.350 e. The van der Waals surface area contributed by atoms with E-state index in [1.807, 2.05) is 37.5 Å². The van der Waals surface area contributed by atoms with Crippen molar-refractivity contribution < 1.29 is 4.79 Å². The highest BCUT2D eigenvalue weighted by Gasteiger charge is 2.17. The van der Waals surface area contributed by atoms with Gasteiger partial charge in [-0.15, -0.1) is 11.6 Å². The molecule has 1 aromatic carbocycles. The Morgan fingerprint density at radius 2 is 2.10 bits per heavy atom. The molecule has 0 saturated heterocycles. The van der Waals surface area contributed by atoms with E-state index in [9.17, 15) is 4.79 Å². The summed E-state index contributed by atoms with van der Waals surface area (Å²) in [6, 6.07) is 5.47. The highest BCUT2D eigenvalue weighted by Crippen LogP contribution is 2.21. The number of aromatic nitrogens is 2. The Hall–Kier alpha value is -1.26. The highest BCUT2D eigenvalue weighted by molar-refractivity contribution is 6.31. The first-order chi connectivity index (χ1) is 9.80. The van der Waals surface area contributed by atoms with Gasteiger partial charge in [-0.25, -0.2) is 4.98 Å². The number of amides is 1. The van der Waals surface area contributed by atoms with Crippen molar-refractivity contribution in [3.8, 4) is 0 Å². The van der Waals surface area contributed by atoms with Crippen molar-refractivity contribution in [1.82, 2.24) is 14.9 Å². The molecule has 114 valence electrons. The van der Waals surface area contributed by atoms with Crippen LogP contribution in [-0.2, 0) is 17.8 Å². The lowest BCUT2D eigenvalue weighted by molar-refractivity contribution is -0.123. The maximum Gasteiger partial charge on any atom is 0.240 e. The number of nitrogens with zero attached hydrogens (tertiary/aromatic N) is 2. The van der Waals surface area contributed by atoms with Crippen molar-refractivity contribution in [2.24, 2.45) is 0 Å². The topological polar surface area (TPSA) is 46.9 Å². The van der Waals surface area contributed by atoms with Crippen LogP contribution in [-0.4, -0.2) is 26.9 Å². The molecule has 1 heterocycles. The van der Waals surface area contributed by atoms with Gasteiger partial charge in [-0.2, -0.15) is 0 Å². The molecule has 1 N–H and O–H groups in total. The summed E-state index contributed by atoms with van der Waals surface area (Å²) < 4.78 is 1.88. The largest absolute Gasteiger partial charge is 0.350 e. The second-order valence-corrected chi connectivity index (χ2v) is 6.80. The molecular weight excluding hydrogens is 309 g/mol. The average molecular weight is 328 g/mol. The Balaban J connectivity index is 2.37. The van der Waals surface area contributed by atoms with Gasteiger partial charge in [-0.3, -0.25) is 4.79 Å². The molecule has 0 bridgehead atoms. The normalized spacial score (nSPS) is 11.9. The number of carbonyl (C=O) groups is 1. The van der Waals surface area contributed by atoms with Crippen LogP contribution < -0.4 is 5.32 Å². The molecule has 6 heteroatoms. The van der Waals surface area contributed by atoms with Crippen LogP contribution in [0, 0.1) is 0 Å². The first-order valence-corrected chi connectivity index (χ1v) is 7.73. The lowest BCUT2D eigenvalue weighted by atomic mass is 10.1. The number of carbonyl (C=O) groups excluding carboxylic acids is 1. The lowest BCUT2D eigenvalue weighted by Gasteiger charge is -2.21. The van der Waals surface area contributed by atoms with Gasteiger partial charge in [0, 0.05) is 22.9 Å². The fourth-order valence-corrected chi connectivity index (χ4v) is 2.53. The van der Waals surface area contributed by atoms with Gasteiger partial charge in [0.15, 0.2) is 0 Å². The third-order valence-corrected chi connectivity index (χ3v) is 3.35. The molecular formula is C15H19Cl2N3O. The summed E-state index contributed by atoms with van der Waals surface area (Å²) in [7, 11) is 0. The number of rotatable bonds is 4. The Kier molecular flexibility index (Phi) is 4.79. The van der Waals surface area contributed by atoms with Crippen molar-refractivity contribution in [2.75, 3.05) is 5.88 Å². The van der Waals surface area contributed by atoms with Crippen molar-refractivity contribution >= 4 is 40.1 Å². The first-order valence-electron chi connectivity index (χ1n) is 6.82. The van der Waals surface area contributed by atoms with Crippen molar-refractivity contribution in [2.45, 2.75) is 39.3 Å². The number of nitrogens with one attached hydrogen (secondary N) is 1. The lowest BCUT2D eigenvalue weighted by Crippen LogP contribution is -2.42. The molecule has 0 aliphatic heterocycles. The van der Waals surface area contributed by atoms with Gasteiger partial charge >= 0.3 is 0 Å². The second kappa shape index (κ2) is 6.24. The monoisotopic (exact) mass is 327 g/mol. The molecule has 4 nitrogen and oxygen atoms in total. The summed E-state index contributed by atoms with van der Waals surface area (Å²) >= 11 is 11.9. The van der Waals surface area contributed by atoms with Gasteiger partial charge in [0.2, 0.25) is 5.91 Å². The predicted molar refractivity (Wildman–Crippen MR) is 87.1 cm³/mol. The van der Waals surface area contributed by atoms with Gasteiger partial charge in [-0.05, 0) is 39.0 Å². The minimum atomic E-state index is -0.266. The molecule has 1 amide bonds. The molecule has 0 unspecified atom stereocenters. The van der Waals surface area contributed by atoms with E-state index in [1.54, 1.807) is 6.07 Å². The van der Waals surface area contributed by atoms with E-state index in [2.05, 4.69) is 10.3 Å². The minimum absolute atomic E-state index is 0.0578. The highest BCUT2D eigenvalue weighted by atomic mass is 35.5. The zero-order chi connectivity index (χ0) is 15.6. The summed E-state index contributed by atoms with van der Waals surface area (Å²) in [5.74, 6) is 1.20. The number of imidazole rings is 1. The second-order valence-electron chi connectivity index (χ2n) is 5.98. The summed E-state index contributed by atoms with van der Waals surface area (Å²) in [5.41, 5.74) is 1.41. The quantitative estimate of drug-likeness (QED) is 0.875. The zero-order valence-corrected chi connectivity index (χ0v) is 13.9. The van der Waals surface area contributed by atoms with E-state index in [0.717, 1.165) is 16.9 Å². The van der Waals surface area contributed by atoms with Crippen LogP contribution in [0.2, 0.25) is 5.02 Å². The summed E-state index contributed by atoms with van der Waals surface area (Å²) in [5, 5.41) is 3.58. The van der Waals surface area contributed by atoms with Crippen LogP contribution in [0.5, 0.6) is 0 Å². The fraction of sp³-hybridized carbons (Fsp3) is 0.467. The van der Waals surface area contributed by atoms with Crippen LogP contribution in [0.4, 0.5) is 0 Å². The third-order valence-electron chi connectivity index (χ3n) is 2.92. The molecule has 2 aromatic rings. The summed E-state index contributed by atoms with van der Waals surface area (Å²) in [6.45, 7) is 6.06. The van der Waals surface area contributed by atoms with Crippen molar-refractivity contribution in [1.29, 1.82) is 0 Å².